The summed E-state index contributed by atoms with van der Waals surface area (Å²) in [5, 5.41) is 11.0. The van der Waals surface area contributed by atoms with Gasteiger partial charge in [-0.2, -0.15) is 10.1 Å². The third-order valence-corrected chi connectivity index (χ3v) is 6.77. The summed E-state index contributed by atoms with van der Waals surface area (Å²) in [7, 11) is 2.06. The number of amides is 2. The molecule has 4 heterocycles. The Bertz CT molecular complexity index is 1500. The second-order valence-corrected chi connectivity index (χ2v) is 10.8. The number of aromatic nitrogens is 5. The molecule has 39 heavy (non-hydrogen) atoms. The molecule has 1 saturated heterocycles. The highest BCUT2D eigenvalue weighted by Gasteiger charge is 2.25. The van der Waals surface area contributed by atoms with Crippen molar-refractivity contribution >= 4 is 29.7 Å². The molecule has 3 aromatic heterocycles. The molecule has 206 valence electrons. The highest BCUT2D eigenvalue weighted by atomic mass is 35.5. The van der Waals surface area contributed by atoms with Gasteiger partial charge in [0.25, 0.3) is 17.6 Å². The van der Waals surface area contributed by atoms with Gasteiger partial charge in [-0.1, -0.05) is 38.1 Å². The quantitative estimate of drug-likeness (QED) is 0.401. The van der Waals surface area contributed by atoms with Crippen LogP contribution < -0.4 is 5.32 Å². The minimum absolute atomic E-state index is 0. The van der Waals surface area contributed by atoms with E-state index >= 15 is 0 Å². The maximum absolute atomic E-state index is 13.1. The molecule has 0 aliphatic carbocycles. The normalized spacial score (nSPS) is 14.3. The smallest absolute Gasteiger partial charge is 0.292 e. The van der Waals surface area contributed by atoms with Gasteiger partial charge in [0, 0.05) is 49.9 Å². The topological polar surface area (TPSA) is 122 Å². The zero-order valence-electron chi connectivity index (χ0n) is 22.8. The molecule has 1 aliphatic heterocycles. The monoisotopic (exact) mass is 552 g/mol. The first-order chi connectivity index (χ1) is 18.1. The highest BCUT2D eigenvalue weighted by Crippen LogP contribution is 2.26. The number of hydrogen-bond acceptors (Lipinski definition) is 8. The first kappa shape index (κ1) is 28.2. The van der Waals surface area contributed by atoms with Crippen LogP contribution in [0.4, 0.5) is 0 Å². The number of carbonyl (C=O) groups is 2. The Hall–Kier alpha value is -3.83. The van der Waals surface area contributed by atoms with Gasteiger partial charge >= 0.3 is 0 Å². The fourth-order valence-corrected chi connectivity index (χ4v) is 4.38. The number of likely N-dealkylation sites (N-methyl/N-ethyl adjacent to an activating group) is 1. The third kappa shape index (κ3) is 5.94. The minimum Gasteiger partial charge on any atom is -0.345 e. The van der Waals surface area contributed by atoms with Crippen LogP contribution in [0.5, 0.6) is 0 Å². The van der Waals surface area contributed by atoms with E-state index in [0.29, 0.717) is 31.1 Å². The van der Waals surface area contributed by atoms with Crippen molar-refractivity contribution in [2.75, 3.05) is 33.2 Å². The number of hydrogen-bond donors (Lipinski definition) is 1. The number of nitrogens with one attached hydrogen (secondary N) is 1. The number of carbonyl (C=O) groups excluding carboxylic acids is 2. The lowest BCUT2D eigenvalue weighted by atomic mass is 9.97. The average molecular weight is 553 g/mol. The van der Waals surface area contributed by atoms with Gasteiger partial charge < -0.3 is 19.6 Å². The van der Waals surface area contributed by atoms with Gasteiger partial charge in [-0.25, -0.2) is 9.50 Å². The molecule has 0 atom stereocenters. The van der Waals surface area contributed by atoms with Crippen molar-refractivity contribution in [2.45, 2.75) is 39.7 Å². The molecule has 0 radical (unpaired) electrons. The van der Waals surface area contributed by atoms with Crippen molar-refractivity contribution in [1.82, 2.24) is 39.9 Å². The molecule has 1 aliphatic rings. The minimum atomic E-state index is -0.393. The first-order valence-electron chi connectivity index (χ1n) is 12.6. The zero-order valence-corrected chi connectivity index (χ0v) is 23.6. The lowest BCUT2D eigenvalue weighted by molar-refractivity contribution is 0.0664. The van der Waals surface area contributed by atoms with Gasteiger partial charge in [0.1, 0.15) is 6.33 Å². The van der Waals surface area contributed by atoms with E-state index in [2.05, 4.69) is 37.5 Å². The Morgan fingerprint density at radius 2 is 1.85 bits per heavy atom. The second kappa shape index (κ2) is 11.1. The summed E-state index contributed by atoms with van der Waals surface area (Å²) in [6.45, 7) is 11.3. The van der Waals surface area contributed by atoms with Gasteiger partial charge in [0.2, 0.25) is 5.89 Å². The molecule has 0 unspecified atom stereocenters. The van der Waals surface area contributed by atoms with E-state index in [1.165, 1.54) is 6.33 Å². The first-order valence-corrected chi connectivity index (χ1v) is 12.6. The van der Waals surface area contributed by atoms with Crippen LogP contribution in [0.1, 0.15) is 58.8 Å². The molecule has 5 rings (SSSR count). The molecule has 0 spiro atoms. The number of benzene rings is 1. The SMILES string of the molecule is Cc1cc(-c2ncnn3cc(C(=O)N4CCN(C)CC4)cc23)ccc1CNC(=O)c1noc(C(C)(C)C)n1.Cl. The van der Waals surface area contributed by atoms with E-state index in [4.69, 9.17) is 4.52 Å². The van der Waals surface area contributed by atoms with Crippen LogP contribution in [-0.4, -0.2) is 79.6 Å². The maximum atomic E-state index is 13.1. The van der Waals surface area contributed by atoms with Gasteiger partial charge in [0.15, 0.2) is 0 Å². The number of nitrogens with zero attached hydrogens (tertiary/aromatic N) is 7. The van der Waals surface area contributed by atoms with Crippen LogP contribution in [0.15, 0.2) is 41.3 Å². The fraction of sp³-hybridized carbons (Fsp3) is 0.407. The van der Waals surface area contributed by atoms with Gasteiger partial charge in [-0.15, -0.1) is 12.4 Å². The zero-order chi connectivity index (χ0) is 27.0. The van der Waals surface area contributed by atoms with Gasteiger partial charge in [-0.05, 0) is 37.2 Å². The summed E-state index contributed by atoms with van der Waals surface area (Å²) in [5.41, 5.74) is 4.60. The molecule has 0 bridgehead atoms. The van der Waals surface area contributed by atoms with Crippen molar-refractivity contribution in [3.8, 4) is 11.3 Å². The lowest BCUT2D eigenvalue weighted by Gasteiger charge is -2.32. The second-order valence-electron chi connectivity index (χ2n) is 10.8. The maximum Gasteiger partial charge on any atom is 0.292 e. The summed E-state index contributed by atoms with van der Waals surface area (Å²) in [5.74, 6) is 0.0462. The summed E-state index contributed by atoms with van der Waals surface area (Å²) >= 11 is 0. The van der Waals surface area contributed by atoms with Crippen LogP contribution in [0.2, 0.25) is 0 Å². The predicted molar refractivity (Wildman–Crippen MR) is 148 cm³/mol. The summed E-state index contributed by atoms with van der Waals surface area (Å²) in [6, 6.07) is 7.79. The van der Waals surface area contributed by atoms with Gasteiger partial charge in [0.05, 0.1) is 16.8 Å². The number of halogens is 1. The third-order valence-electron chi connectivity index (χ3n) is 6.77. The summed E-state index contributed by atoms with van der Waals surface area (Å²) in [6.07, 6.45) is 3.26. The van der Waals surface area contributed by atoms with Gasteiger partial charge in [-0.3, -0.25) is 9.59 Å². The molecule has 1 N–H and O–H groups in total. The van der Waals surface area contributed by atoms with E-state index < -0.39 is 5.91 Å². The van der Waals surface area contributed by atoms with Crippen molar-refractivity contribution in [2.24, 2.45) is 0 Å². The molecule has 2 amide bonds. The van der Waals surface area contributed by atoms with Crippen LogP contribution in [0.25, 0.3) is 16.8 Å². The molecule has 11 nitrogen and oxygen atoms in total. The van der Waals surface area contributed by atoms with E-state index in [-0.39, 0.29) is 29.6 Å². The Kier molecular flexibility index (Phi) is 8.03. The Balaban J connectivity index is 0.00000353. The molecule has 0 saturated carbocycles. The molecule has 4 aromatic rings. The molecule has 12 heteroatoms. The van der Waals surface area contributed by atoms with Crippen molar-refractivity contribution < 1.29 is 14.1 Å². The standard InChI is InChI=1S/C27H32N8O3.ClH/c1-17-12-18(6-7-19(17)14-28-24(36)23-31-26(38-32-23)27(2,3)4)22-21-13-20(15-35(21)30-16-29-22)25(37)34-10-8-33(5)9-11-34;/h6-7,12-13,15-16H,8-11,14H2,1-5H3,(H,28,36);1H. The molecule has 1 fully saturated rings. The molecular formula is C27H33ClN8O3. The number of aryl methyl sites for hydroxylation is 1. The molecular weight excluding hydrogens is 520 g/mol. The molecule has 1 aromatic carbocycles. The number of piperazine rings is 1. The lowest BCUT2D eigenvalue weighted by Crippen LogP contribution is -2.47. The van der Waals surface area contributed by atoms with E-state index in [1.54, 1.807) is 10.7 Å². The van der Waals surface area contributed by atoms with E-state index in [0.717, 1.165) is 41.0 Å². The van der Waals surface area contributed by atoms with Crippen LogP contribution in [0.3, 0.4) is 0 Å². The van der Waals surface area contributed by atoms with E-state index in [9.17, 15) is 9.59 Å². The Labute approximate surface area is 233 Å². The summed E-state index contributed by atoms with van der Waals surface area (Å²) < 4.78 is 6.92. The van der Waals surface area contributed by atoms with E-state index in [1.807, 2.05) is 56.9 Å². The average Bonchev–Trinajstić information content (AvgIpc) is 3.56. The number of rotatable bonds is 5. The fourth-order valence-electron chi connectivity index (χ4n) is 4.38. The van der Waals surface area contributed by atoms with Crippen LogP contribution in [-0.2, 0) is 12.0 Å². The van der Waals surface area contributed by atoms with Crippen LogP contribution in [0, 0.1) is 6.92 Å². The summed E-state index contributed by atoms with van der Waals surface area (Å²) in [4.78, 5) is 38.5. The number of fused-ring (bicyclic) bond motifs is 1. The van der Waals surface area contributed by atoms with Crippen LogP contribution >= 0.6 is 12.4 Å². The Morgan fingerprint density at radius 1 is 1.10 bits per heavy atom. The van der Waals surface area contributed by atoms with Crippen molar-refractivity contribution in [1.29, 1.82) is 0 Å². The largest absolute Gasteiger partial charge is 0.345 e. The predicted octanol–water partition coefficient (Wildman–Crippen LogP) is 3.12. The highest BCUT2D eigenvalue weighted by molar-refractivity contribution is 5.97. The van der Waals surface area contributed by atoms with Crippen molar-refractivity contribution in [3.05, 3.63) is 65.2 Å². The van der Waals surface area contributed by atoms with Crippen molar-refractivity contribution in [3.63, 3.8) is 0 Å². The Morgan fingerprint density at radius 3 is 2.51 bits per heavy atom.